The van der Waals surface area contributed by atoms with E-state index in [0.717, 1.165) is 28.0 Å². The Hall–Kier alpha value is -3.45. The predicted octanol–water partition coefficient (Wildman–Crippen LogP) is 3.49. The van der Waals surface area contributed by atoms with E-state index in [2.05, 4.69) is 10.3 Å². The first-order valence-corrected chi connectivity index (χ1v) is 9.59. The summed E-state index contributed by atoms with van der Waals surface area (Å²) in [7, 11) is 4.79. The van der Waals surface area contributed by atoms with E-state index in [-0.39, 0.29) is 12.5 Å². The van der Waals surface area contributed by atoms with Crippen LogP contribution in [0.15, 0.2) is 48.7 Å². The summed E-state index contributed by atoms with van der Waals surface area (Å²) in [6.07, 6.45) is 2.30. The average molecular weight is 410 g/mol. The second-order valence-corrected chi connectivity index (χ2v) is 6.62. The molecule has 1 aromatic heterocycles. The van der Waals surface area contributed by atoms with Gasteiger partial charge in [0.15, 0.2) is 0 Å². The van der Waals surface area contributed by atoms with E-state index in [9.17, 15) is 4.79 Å². The summed E-state index contributed by atoms with van der Waals surface area (Å²) < 4.78 is 16.1. The summed E-state index contributed by atoms with van der Waals surface area (Å²) in [5, 5.41) is 11.8. The Morgan fingerprint density at radius 2 is 1.57 bits per heavy atom. The fourth-order valence-corrected chi connectivity index (χ4v) is 3.22. The molecular weight excluding hydrogens is 384 g/mol. The molecule has 1 heterocycles. The number of methoxy groups -OCH3 is 3. The van der Waals surface area contributed by atoms with E-state index < -0.39 is 0 Å². The van der Waals surface area contributed by atoms with Gasteiger partial charge in [-0.2, -0.15) is 0 Å². The third-order valence-electron chi connectivity index (χ3n) is 4.77. The molecule has 3 aromatic rings. The molecule has 0 bridgehead atoms. The smallest absolute Gasteiger partial charge is 0.268 e. The zero-order valence-corrected chi connectivity index (χ0v) is 17.3. The third kappa shape index (κ3) is 4.58. The van der Waals surface area contributed by atoms with Crippen LogP contribution in [0, 0.1) is 0 Å². The molecule has 0 unspecified atom stereocenters. The minimum absolute atomic E-state index is 0.0159. The lowest BCUT2D eigenvalue weighted by molar-refractivity contribution is 0.0947. The van der Waals surface area contributed by atoms with Crippen LogP contribution < -0.4 is 19.5 Å². The van der Waals surface area contributed by atoms with Gasteiger partial charge in [-0.15, -0.1) is 0 Å². The highest BCUT2D eigenvalue weighted by Gasteiger charge is 2.21. The summed E-state index contributed by atoms with van der Waals surface area (Å²) >= 11 is 0. The molecule has 30 heavy (non-hydrogen) atoms. The van der Waals surface area contributed by atoms with Gasteiger partial charge in [0.25, 0.3) is 5.91 Å². The van der Waals surface area contributed by atoms with Gasteiger partial charge in [-0.05, 0) is 41.8 Å². The van der Waals surface area contributed by atoms with Crippen LogP contribution in [-0.4, -0.2) is 50.5 Å². The maximum Gasteiger partial charge on any atom is 0.268 e. The molecule has 158 valence electrons. The fraction of sp³-hybridized carbons (Fsp3) is 0.261. The lowest BCUT2D eigenvalue weighted by Gasteiger charge is -2.12. The van der Waals surface area contributed by atoms with Crippen molar-refractivity contribution in [2.24, 2.45) is 0 Å². The van der Waals surface area contributed by atoms with E-state index in [4.69, 9.17) is 19.3 Å². The van der Waals surface area contributed by atoms with Crippen molar-refractivity contribution in [1.82, 2.24) is 10.3 Å². The molecule has 2 aromatic carbocycles. The number of aromatic amines is 1. The van der Waals surface area contributed by atoms with Crippen molar-refractivity contribution in [1.29, 1.82) is 0 Å². The number of carbonyl (C=O) groups excluding carboxylic acids is 1. The average Bonchev–Trinajstić information content (AvgIpc) is 3.24. The number of amides is 1. The molecule has 7 heteroatoms. The molecule has 1 amide bonds. The van der Waals surface area contributed by atoms with E-state index in [0.29, 0.717) is 30.2 Å². The number of aliphatic hydroxyl groups is 1. The van der Waals surface area contributed by atoms with Crippen molar-refractivity contribution in [2.75, 3.05) is 34.5 Å². The standard InChI is InChI=1S/C23H26N2O5/c1-28-17-7-5-15(6-8-17)20-14-25-22(23(27)24-9-4-10-26)21(20)16-11-18(29-2)13-19(12-16)30-3/h5-8,11-14,25-26H,4,9-10H2,1-3H3,(H,24,27). The molecule has 0 saturated heterocycles. The molecule has 0 spiro atoms. The van der Waals surface area contributed by atoms with Gasteiger partial charge >= 0.3 is 0 Å². The van der Waals surface area contributed by atoms with Gasteiger partial charge in [0, 0.05) is 36.5 Å². The molecule has 0 atom stereocenters. The second kappa shape index (κ2) is 9.84. The first kappa shape index (κ1) is 21.3. The van der Waals surface area contributed by atoms with Gasteiger partial charge in [-0.1, -0.05) is 12.1 Å². The number of aromatic nitrogens is 1. The summed E-state index contributed by atoms with van der Waals surface area (Å²) in [6.45, 7) is 0.398. The van der Waals surface area contributed by atoms with E-state index in [1.54, 1.807) is 27.4 Å². The van der Waals surface area contributed by atoms with Crippen LogP contribution in [0.2, 0.25) is 0 Å². The lowest BCUT2D eigenvalue weighted by Crippen LogP contribution is -2.25. The number of rotatable bonds is 9. The zero-order valence-electron chi connectivity index (χ0n) is 17.3. The largest absolute Gasteiger partial charge is 0.497 e. The number of hydrogen-bond donors (Lipinski definition) is 3. The summed E-state index contributed by atoms with van der Waals surface area (Å²) in [5.74, 6) is 1.75. The number of nitrogens with one attached hydrogen (secondary N) is 2. The minimum atomic E-state index is -0.250. The van der Waals surface area contributed by atoms with Crippen molar-refractivity contribution >= 4 is 5.91 Å². The number of hydrogen-bond acceptors (Lipinski definition) is 5. The van der Waals surface area contributed by atoms with Crippen LogP contribution in [0.4, 0.5) is 0 Å². The lowest BCUT2D eigenvalue weighted by atomic mass is 9.96. The van der Waals surface area contributed by atoms with E-state index in [1.807, 2.05) is 42.6 Å². The van der Waals surface area contributed by atoms with Crippen LogP contribution in [0.1, 0.15) is 16.9 Å². The van der Waals surface area contributed by atoms with Gasteiger partial charge in [-0.3, -0.25) is 4.79 Å². The molecule has 0 aliphatic carbocycles. The highest BCUT2D eigenvalue weighted by molar-refractivity contribution is 6.04. The maximum atomic E-state index is 12.9. The van der Waals surface area contributed by atoms with E-state index >= 15 is 0 Å². The van der Waals surface area contributed by atoms with Crippen molar-refractivity contribution in [3.8, 4) is 39.5 Å². The normalized spacial score (nSPS) is 10.5. The van der Waals surface area contributed by atoms with Crippen LogP contribution >= 0.6 is 0 Å². The highest BCUT2D eigenvalue weighted by Crippen LogP contribution is 2.39. The third-order valence-corrected chi connectivity index (χ3v) is 4.77. The molecule has 0 fully saturated rings. The maximum absolute atomic E-state index is 12.9. The van der Waals surface area contributed by atoms with Gasteiger partial charge in [0.2, 0.25) is 0 Å². The molecule has 3 N–H and O–H groups in total. The molecular formula is C23H26N2O5. The van der Waals surface area contributed by atoms with Gasteiger partial charge in [-0.25, -0.2) is 0 Å². The quantitative estimate of drug-likeness (QED) is 0.470. The van der Waals surface area contributed by atoms with Crippen molar-refractivity contribution in [3.05, 3.63) is 54.4 Å². The molecule has 7 nitrogen and oxygen atoms in total. The van der Waals surface area contributed by atoms with Crippen molar-refractivity contribution < 1.29 is 24.1 Å². The van der Waals surface area contributed by atoms with Gasteiger partial charge < -0.3 is 29.6 Å². The number of H-pyrrole nitrogens is 1. The molecule has 0 radical (unpaired) electrons. The van der Waals surface area contributed by atoms with Crippen LogP contribution in [0.3, 0.4) is 0 Å². The number of aliphatic hydroxyl groups excluding tert-OH is 1. The van der Waals surface area contributed by atoms with E-state index in [1.165, 1.54) is 0 Å². The molecule has 0 aliphatic rings. The fourth-order valence-electron chi connectivity index (χ4n) is 3.22. The minimum Gasteiger partial charge on any atom is -0.497 e. The molecule has 3 rings (SSSR count). The van der Waals surface area contributed by atoms with Crippen LogP contribution in [0.5, 0.6) is 17.2 Å². The van der Waals surface area contributed by atoms with Gasteiger partial charge in [0.1, 0.15) is 22.9 Å². The van der Waals surface area contributed by atoms with Crippen molar-refractivity contribution in [3.63, 3.8) is 0 Å². The topological polar surface area (TPSA) is 92.8 Å². The molecule has 0 aliphatic heterocycles. The Morgan fingerprint density at radius 3 is 2.13 bits per heavy atom. The summed E-state index contributed by atoms with van der Waals surface area (Å²) in [4.78, 5) is 16.0. The summed E-state index contributed by atoms with van der Waals surface area (Å²) in [6, 6.07) is 13.1. The monoisotopic (exact) mass is 410 g/mol. The zero-order chi connectivity index (χ0) is 21.5. The Balaban J connectivity index is 2.13. The van der Waals surface area contributed by atoms with Gasteiger partial charge in [0.05, 0.1) is 21.3 Å². The SMILES string of the molecule is COc1ccc(-c2c[nH]c(C(=O)NCCCO)c2-c2cc(OC)cc(OC)c2)cc1. The first-order valence-electron chi connectivity index (χ1n) is 9.59. The Bertz CT molecular complexity index is 973. The van der Waals surface area contributed by atoms with Crippen molar-refractivity contribution in [2.45, 2.75) is 6.42 Å². The number of ether oxygens (including phenoxy) is 3. The second-order valence-electron chi connectivity index (χ2n) is 6.62. The number of benzene rings is 2. The Kier molecular flexibility index (Phi) is 6.98. The molecule has 0 saturated carbocycles. The highest BCUT2D eigenvalue weighted by atomic mass is 16.5. The first-order chi connectivity index (χ1) is 14.6. The Labute approximate surface area is 175 Å². The van der Waals surface area contributed by atoms with Crippen LogP contribution in [0.25, 0.3) is 22.3 Å². The number of carbonyl (C=O) groups is 1. The Morgan fingerprint density at radius 1 is 0.933 bits per heavy atom. The summed E-state index contributed by atoms with van der Waals surface area (Å²) in [5.41, 5.74) is 3.73. The van der Waals surface area contributed by atoms with Crippen LogP contribution in [-0.2, 0) is 0 Å². The predicted molar refractivity (Wildman–Crippen MR) is 115 cm³/mol.